The highest BCUT2D eigenvalue weighted by Gasteiger charge is 2.21. The van der Waals surface area contributed by atoms with Crippen LogP contribution in [0.4, 0.5) is 0 Å². The van der Waals surface area contributed by atoms with Crippen LogP contribution >= 0.6 is 11.6 Å². The molecular formula is C19H22ClN5. The van der Waals surface area contributed by atoms with Crippen molar-refractivity contribution in [3.63, 3.8) is 0 Å². The molecule has 0 atom stereocenters. The van der Waals surface area contributed by atoms with Gasteiger partial charge in [-0.25, -0.2) is 9.97 Å². The maximum atomic E-state index is 5.98. The van der Waals surface area contributed by atoms with E-state index in [2.05, 4.69) is 32.6 Å². The topological polar surface area (TPSA) is 49.7 Å². The van der Waals surface area contributed by atoms with E-state index < -0.39 is 0 Å². The number of rotatable bonds is 5. The summed E-state index contributed by atoms with van der Waals surface area (Å²) in [7, 11) is 0. The smallest absolute Gasteiger partial charge is 0.137 e. The molecule has 0 bridgehead atoms. The van der Waals surface area contributed by atoms with Gasteiger partial charge in [-0.1, -0.05) is 18.5 Å². The van der Waals surface area contributed by atoms with Crippen molar-refractivity contribution in [1.29, 1.82) is 0 Å². The summed E-state index contributed by atoms with van der Waals surface area (Å²) < 4.78 is 2.25. The molecule has 25 heavy (non-hydrogen) atoms. The number of halogens is 1. The van der Waals surface area contributed by atoms with Gasteiger partial charge in [-0.2, -0.15) is 0 Å². The van der Waals surface area contributed by atoms with Gasteiger partial charge < -0.3 is 9.55 Å². The minimum atomic E-state index is 0.744. The molecule has 0 radical (unpaired) electrons. The van der Waals surface area contributed by atoms with E-state index in [4.69, 9.17) is 16.6 Å². The maximum Gasteiger partial charge on any atom is 0.137 e. The second-order valence-electron chi connectivity index (χ2n) is 6.52. The van der Waals surface area contributed by atoms with Gasteiger partial charge in [-0.05, 0) is 30.7 Å². The van der Waals surface area contributed by atoms with Gasteiger partial charge in [0, 0.05) is 49.0 Å². The second kappa shape index (κ2) is 7.02. The van der Waals surface area contributed by atoms with E-state index in [0.717, 1.165) is 61.3 Å². The molecule has 6 heteroatoms. The lowest BCUT2D eigenvalue weighted by atomic mass is 10.1. The van der Waals surface area contributed by atoms with Crippen LogP contribution in [0.25, 0.3) is 11.4 Å². The van der Waals surface area contributed by atoms with Gasteiger partial charge in [0.25, 0.3) is 0 Å². The van der Waals surface area contributed by atoms with Crippen molar-refractivity contribution in [2.75, 3.05) is 6.54 Å². The van der Waals surface area contributed by atoms with Crippen molar-refractivity contribution in [2.45, 2.75) is 39.4 Å². The molecule has 5 nitrogen and oxygen atoms in total. The Morgan fingerprint density at radius 3 is 2.88 bits per heavy atom. The van der Waals surface area contributed by atoms with E-state index in [9.17, 15) is 0 Å². The number of aromatic amines is 1. The summed E-state index contributed by atoms with van der Waals surface area (Å²) >= 11 is 5.98. The van der Waals surface area contributed by atoms with Crippen LogP contribution in [0.2, 0.25) is 5.02 Å². The fraction of sp³-hybridized carbons (Fsp3) is 0.368. The van der Waals surface area contributed by atoms with Crippen molar-refractivity contribution >= 4 is 11.6 Å². The van der Waals surface area contributed by atoms with Crippen LogP contribution in [0.3, 0.4) is 0 Å². The summed E-state index contributed by atoms with van der Waals surface area (Å²) in [6.45, 7) is 5.99. The van der Waals surface area contributed by atoms with Crippen LogP contribution in [-0.2, 0) is 26.1 Å². The number of nitrogens with zero attached hydrogens (tertiary/aromatic N) is 4. The molecule has 1 aromatic carbocycles. The van der Waals surface area contributed by atoms with Crippen molar-refractivity contribution in [3.05, 3.63) is 58.9 Å². The molecule has 4 rings (SSSR count). The molecule has 1 aliphatic heterocycles. The number of hydrogen-bond acceptors (Lipinski definition) is 3. The van der Waals surface area contributed by atoms with Gasteiger partial charge >= 0.3 is 0 Å². The lowest BCUT2D eigenvalue weighted by molar-refractivity contribution is 0.232. The molecule has 1 N–H and O–H groups in total. The Kier molecular flexibility index (Phi) is 4.59. The molecule has 0 aliphatic carbocycles. The molecule has 3 aromatic rings. The molecular weight excluding hydrogens is 334 g/mol. The Morgan fingerprint density at radius 1 is 1.24 bits per heavy atom. The van der Waals surface area contributed by atoms with Crippen LogP contribution in [0.5, 0.6) is 0 Å². The summed E-state index contributed by atoms with van der Waals surface area (Å²) in [5, 5.41) is 0.744. The van der Waals surface area contributed by atoms with Crippen molar-refractivity contribution in [1.82, 2.24) is 24.4 Å². The first-order valence-electron chi connectivity index (χ1n) is 8.79. The molecule has 1 aliphatic rings. The standard InChI is InChI=1S/C19H22ClN5/c1-2-9-25-11-8-21-18(25)13-24-10-7-16-17(12-24)23-19(22-16)14-3-5-15(20)6-4-14/h3-6,8,11H,2,7,9-10,12-13H2,1H3,(H,22,23). The summed E-state index contributed by atoms with van der Waals surface area (Å²) in [5.74, 6) is 2.07. The first kappa shape index (κ1) is 16.4. The Balaban J connectivity index is 1.49. The monoisotopic (exact) mass is 355 g/mol. The normalized spacial score (nSPS) is 14.6. The molecule has 0 spiro atoms. The van der Waals surface area contributed by atoms with Gasteiger partial charge in [0.1, 0.15) is 11.6 Å². The highest BCUT2D eigenvalue weighted by molar-refractivity contribution is 6.30. The van der Waals surface area contributed by atoms with E-state index in [-0.39, 0.29) is 0 Å². The Morgan fingerprint density at radius 2 is 2.08 bits per heavy atom. The van der Waals surface area contributed by atoms with E-state index in [0.29, 0.717) is 0 Å². The first-order chi connectivity index (χ1) is 12.2. The van der Waals surface area contributed by atoms with Crippen LogP contribution in [0.15, 0.2) is 36.7 Å². The molecule has 130 valence electrons. The van der Waals surface area contributed by atoms with E-state index in [1.54, 1.807) is 0 Å². The summed E-state index contributed by atoms with van der Waals surface area (Å²) in [6.07, 6.45) is 6.06. The maximum absolute atomic E-state index is 5.98. The summed E-state index contributed by atoms with van der Waals surface area (Å²) in [4.78, 5) is 15.2. The molecule has 2 aromatic heterocycles. The highest BCUT2D eigenvalue weighted by Crippen LogP contribution is 2.24. The van der Waals surface area contributed by atoms with Gasteiger partial charge in [0.15, 0.2) is 0 Å². The molecule has 0 fully saturated rings. The van der Waals surface area contributed by atoms with Crippen molar-refractivity contribution < 1.29 is 0 Å². The summed E-state index contributed by atoms with van der Waals surface area (Å²) in [5.41, 5.74) is 3.46. The van der Waals surface area contributed by atoms with Crippen LogP contribution in [0, 0.1) is 0 Å². The zero-order valence-electron chi connectivity index (χ0n) is 14.4. The Labute approximate surface area is 152 Å². The lowest BCUT2D eigenvalue weighted by Gasteiger charge is -2.25. The van der Waals surface area contributed by atoms with Crippen molar-refractivity contribution in [2.24, 2.45) is 0 Å². The third-order valence-electron chi connectivity index (χ3n) is 4.66. The molecule has 0 unspecified atom stereocenters. The van der Waals surface area contributed by atoms with Crippen LogP contribution < -0.4 is 0 Å². The van der Waals surface area contributed by atoms with Gasteiger partial charge in [0.2, 0.25) is 0 Å². The number of hydrogen-bond donors (Lipinski definition) is 1. The number of aryl methyl sites for hydroxylation is 1. The quantitative estimate of drug-likeness (QED) is 0.755. The fourth-order valence-electron chi connectivity index (χ4n) is 3.37. The first-order valence-corrected chi connectivity index (χ1v) is 9.17. The molecule has 3 heterocycles. The highest BCUT2D eigenvalue weighted by atomic mass is 35.5. The SMILES string of the molecule is CCCn1ccnc1CN1CCc2nc(-c3ccc(Cl)cc3)[nH]c2C1. The average molecular weight is 356 g/mol. The molecule has 0 saturated carbocycles. The fourth-order valence-corrected chi connectivity index (χ4v) is 3.49. The van der Waals surface area contributed by atoms with E-state index in [1.165, 1.54) is 11.4 Å². The molecule has 0 amide bonds. The number of nitrogens with one attached hydrogen (secondary N) is 1. The minimum Gasteiger partial charge on any atom is -0.341 e. The number of aromatic nitrogens is 4. The lowest BCUT2D eigenvalue weighted by Crippen LogP contribution is -2.31. The molecule has 0 saturated heterocycles. The van der Waals surface area contributed by atoms with E-state index in [1.807, 2.05) is 30.5 Å². The average Bonchev–Trinajstić information content (AvgIpc) is 3.22. The predicted octanol–water partition coefficient (Wildman–Crippen LogP) is 3.89. The largest absolute Gasteiger partial charge is 0.341 e. The number of H-pyrrole nitrogens is 1. The second-order valence-corrected chi connectivity index (χ2v) is 6.95. The number of fused-ring (bicyclic) bond motifs is 1. The predicted molar refractivity (Wildman–Crippen MR) is 99.4 cm³/mol. The number of benzene rings is 1. The van der Waals surface area contributed by atoms with Gasteiger partial charge in [0.05, 0.1) is 17.9 Å². The Bertz CT molecular complexity index is 849. The van der Waals surface area contributed by atoms with Gasteiger partial charge in [-0.3, -0.25) is 4.90 Å². The Hall–Kier alpha value is -2.11. The van der Waals surface area contributed by atoms with Crippen molar-refractivity contribution in [3.8, 4) is 11.4 Å². The van der Waals surface area contributed by atoms with E-state index >= 15 is 0 Å². The van der Waals surface area contributed by atoms with Crippen LogP contribution in [0.1, 0.15) is 30.6 Å². The van der Waals surface area contributed by atoms with Gasteiger partial charge in [-0.15, -0.1) is 0 Å². The minimum absolute atomic E-state index is 0.744. The third-order valence-corrected chi connectivity index (χ3v) is 4.91. The zero-order valence-corrected chi connectivity index (χ0v) is 15.1. The zero-order chi connectivity index (χ0) is 17.2. The van der Waals surface area contributed by atoms with Crippen LogP contribution in [-0.4, -0.2) is 31.0 Å². The number of imidazole rings is 2. The third kappa shape index (κ3) is 3.48. The summed E-state index contributed by atoms with van der Waals surface area (Å²) in [6, 6.07) is 7.81.